The summed E-state index contributed by atoms with van der Waals surface area (Å²) in [6.45, 7) is 3.48. The third kappa shape index (κ3) is 8.23. The van der Waals surface area contributed by atoms with Crippen LogP contribution in [-0.2, 0) is 12.7 Å². The van der Waals surface area contributed by atoms with Crippen molar-refractivity contribution in [3.63, 3.8) is 0 Å². The Hall–Kier alpha value is -4.81. The summed E-state index contributed by atoms with van der Waals surface area (Å²) >= 11 is 0. The number of aromatic nitrogens is 2. The van der Waals surface area contributed by atoms with Crippen LogP contribution >= 0.6 is 0 Å². The summed E-state index contributed by atoms with van der Waals surface area (Å²) in [7, 11) is 0. The molecule has 2 aliphatic heterocycles. The van der Waals surface area contributed by atoms with Gasteiger partial charge in [-0.1, -0.05) is 61.0 Å². The lowest BCUT2D eigenvalue weighted by molar-refractivity contribution is -0.155. The molecular weight excluding hydrogens is 692 g/mol. The fourth-order valence-corrected chi connectivity index (χ4v) is 7.66. The van der Waals surface area contributed by atoms with Crippen molar-refractivity contribution in [2.75, 3.05) is 26.2 Å². The zero-order valence-electron chi connectivity index (χ0n) is 28.9. The Labute approximate surface area is 303 Å². The summed E-state index contributed by atoms with van der Waals surface area (Å²) in [6.07, 6.45) is -1.01. The highest BCUT2D eigenvalue weighted by atomic mass is 19.4. The number of alkyl halides is 6. The summed E-state index contributed by atoms with van der Waals surface area (Å²) in [5, 5.41) is 2.56. The summed E-state index contributed by atoms with van der Waals surface area (Å²) in [4.78, 5) is 28.3. The molecule has 0 radical (unpaired) electrons. The third-order valence-electron chi connectivity index (χ3n) is 10.4. The number of halogens is 6. The minimum atomic E-state index is -4.85. The van der Waals surface area contributed by atoms with Crippen LogP contribution in [0.3, 0.4) is 0 Å². The Bertz CT molecular complexity index is 2040. The van der Waals surface area contributed by atoms with E-state index in [0.717, 1.165) is 50.9 Å². The van der Waals surface area contributed by atoms with Crippen LogP contribution in [-0.4, -0.2) is 64.1 Å². The normalized spacial score (nSPS) is 17.2. The van der Waals surface area contributed by atoms with Crippen LogP contribution < -0.4 is 5.32 Å². The highest BCUT2D eigenvalue weighted by Gasteiger charge is 2.43. The quantitative estimate of drug-likeness (QED) is 0.161. The number of rotatable bonds is 8. The number of fused-ring (bicyclic) bond motifs is 1. The molecule has 0 saturated carbocycles. The van der Waals surface area contributed by atoms with Gasteiger partial charge in [0.15, 0.2) is 6.04 Å². The molecule has 0 unspecified atom stereocenters. The van der Waals surface area contributed by atoms with E-state index in [9.17, 15) is 31.1 Å². The number of benzene rings is 3. The van der Waals surface area contributed by atoms with E-state index in [0.29, 0.717) is 30.3 Å². The molecule has 1 atom stereocenters. The topological polar surface area (TPSA) is 61.4 Å². The average Bonchev–Trinajstić information content (AvgIpc) is 3.17. The number of pyridine rings is 2. The zero-order valence-corrected chi connectivity index (χ0v) is 28.9. The van der Waals surface area contributed by atoms with Crippen LogP contribution in [0, 0.1) is 0 Å². The molecule has 7 rings (SSSR count). The van der Waals surface area contributed by atoms with Gasteiger partial charge in [0.25, 0.3) is 5.91 Å². The molecule has 0 bridgehead atoms. The Balaban J connectivity index is 1.39. The summed E-state index contributed by atoms with van der Waals surface area (Å²) in [6, 6.07) is 18.5. The number of nitrogens with zero attached hydrogens (tertiary/aromatic N) is 4. The molecule has 2 fully saturated rings. The maximum absolute atomic E-state index is 14.7. The molecule has 12 heteroatoms. The third-order valence-corrected chi connectivity index (χ3v) is 10.4. The second kappa shape index (κ2) is 15.3. The van der Waals surface area contributed by atoms with Crippen molar-refractivity contribution in [2.24, 2.45) is 0 Å². The molecule has 1 amide bonds. The van der Waals surface area contributed by atoms with E-state index in [1.165, 1.54) is 42.8 Å². The van der Waals surface area contributed by atoms with Crippen molar-refractivity contribution in [3.05, 3.63) is 120 Å². The first-order valence-electron chi connectivity index (χ1n) is 17.9. The summed E-state index contributed by atoms with van der Waals surface area (Å²) in [5.74, 6) is -1.00. The molecule has 1 N–H and O–H groups in total. The summed E-state index contributed by atoms with van der Waals surface area (Å²) < 4.78 is 86.1. The fourth-order valence-electron chi connectivity index (χ4n) is 7.66. The van der Waals surface area contributed by atoms with Crippen LogP contribution in [0.2, 0.25) is 0 Å². The summed E-state index contributed by atoms with van der Waals surface area (Å²) in [5.41, 5.74) is 1.00. The van der Waals surface area contributed by atoms with Gasteiger partial charge >= 0.3 is 12.4 Å². The standard InChI is InChI=1S/C41H39F6N5O/c42-40(43,44)31-13-7-11-29(23-31)37-34(26-51-21-16-32(17-22-51)52-19-5-2-6-20-52)36(39(53)50-38(41(45,46)47)27-9-3-1-4-10-27)33-24-28(14-15-35(33)49-37)30-12-8-18-48-25-30/h1,3-4,7-15,18,23-25,32,38H,2,5-6,16-17,19-22,26H2,(H,50,53)/t38-/m1/s1. The van der Waals surface area contributed by atoms with Gasteiger partial charge in [0.1, 0.15) is 0 Å². The first-order chi connectivity index (χ1) is 25.5. The monoisotopic (exact) mass is 731 g/mol. The van der Waals surface area contributed by atoms with Gasteiger partial charge in [-0.15, -0.1) is 0 Å². The van der Waals surface area contributed by atoms with E-state index >= 15 is 0 Å². The SMILES string of the molecule is O=C(N[C@H](c1ccccc1)C(F)(F)F)c1c(CN2CCC(N3CCCCC3)CC2)c(-c2cccc(C(F)(F)F)c2)nc2ccc(-c3cccnc3)cc12. The maximum atomic E-state index is 14.7. The fraction of sp³-hybridized carbons (Fsp3) is 0.341. The molecule has 2 aliphatic rings. The molecule has 0 aliphatic carbocycles. The van der Waals surface area contributed by atoms with Gasteiger partial charge in [0.2, 0.25) is 0 Å². The number of hydrogen-bond donors (Lipinski definition) is 1. The Morgan fingerprint density at radius 3 is 2.21 bits per heavy atom. The average molecular weight is 732 g/mol. The van der Waals surface area contributed by atoms with Crippen molar-refractivity contribution in [1.29, 1.82) is 0 Å². The second-order valence-corrected chi connectivity index (χ2v) is 13.8. The molecule has 6 nitrogen and oxygen atoms in total. The molecule has 53 heavy (non-hydrogen) atoms. The van der Waals surface area contributed by atoms with Crippen molar-refractivity contribution < 1.29 is 31.1 Å². The predicted molar refractivity (Wildman–Crippen MR) is 192 cm³/mol. The van der Waals surface area contributed by atoms with Crippen molar-refractivity contribution in [2.45, 2.75) is 63.1 Å². The molecular formula is C41H39F6N5O. The van der Waals surface area contributed by atoms with Crippen LogP contribution in [0.5, 0.6) is 0 Å². The number of hydrogen-bond acceptors (Lipinski definition) is 5. The number of nitrogens with one attached hydrogen (secondary N) is 1. The Kier molecular flexibility index (Phi) is 10.5. The van der Waals surface area contributed by atoms with Crippen molar-refractivity contribution in [1.82, 2.24) is 25.1 Å². The lowest BCUT2D eigenvalue weighted by Gasteiger charge is -2.40. The first kappa shape index (κ1) is 36.5. The van der Waals surface area contributed by atoms with Crippen LogP contribution in [0.25, 0.3) is 33.3 Å². The first-order valence-corrected chi connectivity index (χ1v) is 17.9. The van der Waals surface area contributed by atoms with E-state index in [1.54, 1.807) is 42.7 Å². The van der Waals surface area contributed by atoms with Crippen molar-refractivity contribution in [3.8, 4) is 22.4 Å². The lowest BCUT2D eigenvalue weighted by atomic mass is 9.92. The number of amides is 1. The van der Waals surface area contributed by atoms with E-state index in [-0.39, 0.29) is 45.4 Å². The van der Waals surface area contributed by atoms with Crippen LogP contribution in [0.4, 0.5) is 26.3 Å². The van der Waals surface area contributed by atoms with Gasteiger partial charge in [-0.2, -0.15) is 26.3 Å². The molecule has 4 heterocycles. The number of carbonyl (C=O) groups is 1. The molecule has 3 aromatic carbocycles. The van der Waals surface area contributed by atoms with Gasteiger partial charge in [0, 0.05) is 47.1 Å². The Morgan fingerprint density at radius 2 is 1.53 bits per heavy atom. The maximum Gasteiger partial charge on any atom is 0.416 e. The number of carbonyl (C=O) groups excluding carboxylic acids is 1. The predicted octanol–water partition coefficient (Wildman–Crippen LogP) is 9.47. The van der Waals surface area contributed by atoms with E-state index in [4.69, 9.17) is 4.98 Å². The highest BCUT2D eigenvalue weighted by molar-refractivity contribution is 6.10. The second-order valence-electron chi connectivity index (χ2n) is 13.8. The minimum Gasteiger partial charge on any atom is -0.337 e. The molecule has 5 aromatic rings. The van der Waals surface area contributed by atoms with E-state index in [1.807, 2.05) is 6.07 Å². The largest absolute Gasteiger partial charge is 0.416 e. The van der Waals surface area contributed by atoms with Gasteiger partial charge in [-0.05, 0) is 93.3 Å². The van der Waals surface area contributed by atoms with Gasteiger partial charge < -0.3 is 10.2 Å². The minimum absolute atomic E-state index is 0.0588. The van der Waals surface area contributed by atoms with E-state index in [2.05, 4.69) is 20.1 Å². The lowest BCUT2D eigenvalue weighted by Crippen LogP contribution is -2.46. The number of likely N-dealkylation sites (tertiary alicyclic amines) is 2. The molecule has 276 valence electrons. The van der Waals surface area contributed by atoms with Crippen LogP contribution in [0.15, 0.2) is 97.3 Å². The van der Waals surface area contributed by atoms with Crippen molar-refractivity contribution >= 4 is 16.8 Å². The highest BCUT2D eigenvalue weighted by Crippen LogP contribution is 2.39. The smallest absolute Gasteiger partial charge is 0.337 e. The van der Waals surface area contributed by atoms with Gasteiger partial charge in [-0.25, -0.2) is 4.98 Å². The van der Waals surface area contributed by atoms with Gasteiger partial charge in [-0.3, -0.25) is 14.7 Å². The zero-order chi connectivity index (χ0) is 37.2. The molecule has 0 spiro atoms. The number of piperidine rings is 2. The van der Waals surface area contributed by atoms with Gasteiger partial charge in [0.05, 0.1) is 22.3 Å². The van der Waals surface area contributed by atoms with E-state index < -0.39 is 29.9 Å². The van der Waals surface area contributed by atoms with Crippen LogP contribution in [0.1, 0.15) is 65.2 Å². The molecule has 2 aromatic heterocycles. The molecule has 2 saturated heterocycles. The Morgan fingerprint density at radius 1 is 0.792 bits per heavy atom.